The Hall–Kier alpha value is -1.12. The van der Waals surface area contributed by atoms with Gasteiger partial charge in [-0.3, -0.25) is 9.48 Å². The van der Waals surface area contributed by atoms with Gasteiger partial charge in [-0.05, 0) is 37.7 Å². The molecule has 16 heavy (non-hydrogen) atoms. The first-order valence-electron chi connectivity index (χ1n) is 6.24. The molecular weight excluding hydrogens is 200 g/mol. The van der Waals surface area contributed by atoms with Crippen molar-refractivity contribution < 1.29 is 4.79 Å². The smallest absolute Gasteiger partial charge is 0.133 e. The van der Waals surface area contributed by atoms with Gasteiger partial charge in [0.2, 0.25) is 0 Å². The zero-order valence-corrected chi connectivity index (χ0v) is 9.98. The molecule has 1 aromatic heterocycles. The molecule has 88 valence electrons. The average Bonchev–Trinajstić information content (AvgIpc) is 2.54. The maximum absolute atomic E-state index is 11.5. The predicted octanol–water partition coefficient (Wildman–Crippen LogP) is 2.50. The summed E-state index contributed by atoms with van der Waals surface area (Å²) in [5.41, 5.74) is 1.27. The molecule has 1 heterocycles. The lowest BCUT2D eigenvalue weighted by Gasteiger charge is -2.12. The van der Waals surface area contributed by atoms with Crippen LogP contribution in [-0.4, -0.2) is 15.6 Å². The van der Waals surface area contributed by atoms with Crippen molar-refractivity contribution in [2.24, 2.45) is 13.0 Å². The monoisotopic (exact) mass is 220 g/mol. The Bertz CT molecular complexity index is 357. The SMILES string of the molecule is Cn1nccc1CCC1CCCCC(=O)C1. The molecule has 3 heteroatoms. The van der Waals surface area contributed by atoms with E-state index in [4.69, 9.17) is 0 Å². The molecule has 0 saturated heterocycles. The molecule has 0 bridgehead atoms. The molecule has 1 atom stereocenters. The standard InChI is InChI=1S/C13H20N2O/c1-15-12(8-9-14-15)7-6-11-4-2-3-5-13(16)10-11/h8-9,11H,2-7,10H2,1H3. The van der Waals surface area contributed by atoms with Crippen LogP contribution in [0.3, 0.4) is 0 Å². The lowest BCUT2D eigenvalue weighted by molar-refractivity contribution is -0.119. The van der Waals surface area contributed by atoms with Gasteiger partial charge in [0.15, 0.2) is 0 Å². The van der Waals surface area contributed by atoms with Crippen LogP contribution in [0.2, 0.25) is 0 Å². The summed E-state index contributed by atoms with van der Waals surface area (Å²) in [6.45, 7) is 0. The molecule has 0 amide bonds. The molecule has 0 spiro atoms. The summed E-state index contributed by atoms with van der Waals surface area (Å²) in [6.07, 6.45) is 9.18. The van der Waals surface area contributed by atoms with Gasteiger partial charge >= 0.3 is 0 Å². The molecule has 1 aliphatic carbocycles. The molecule has 0 aliphatic heterocycles. The first-order chi connectivity index (χ1) is 7.75. The fourth-order valence-corrected chi connectivity index (χ4v) is 2.53. The predicted molar refractivity (Wildman–Crippen MR) is 63.1 cm³/mol. The fraction of sp³-hybridized carbons (Fsp3) is 0.692. The Balaban J connectivity index is 1.85. The number of ketones is 1. The molecule has 1 unspecified atom stereocenters. The van der Waals surface area contributed by atoms with Gasteiger partial charge in [0.05, 0.1) is 0 Å². The summed E-state index contributed by atoms with van der Waals surface area (Å²) >= 11 is 0. The Morgan fingerprint density at radius 3 is 3.12 bits per heavy atom. The van der Waals surface area contributed by atoms with Gasteiger partial charge in [-0.15, -0.1) is 0 Å². The highest BCUT2D eigenvalue weighted by Gasteiger charge is 2.17. The van der Waals surface area contributed by atoms with E-state index in [2.05, 4.69) is 11.2 Å². The van der Waals surface area contributed by atoms with Gasteiger partial charge in [0.1, 0.15) is 5.78 Å². The van der Waals surface area contributed by atoms with Crippen molar-refractivity contribution >= 4 is 5.78 Å². The topological polar surface area (TPSA) is 34.9 Å². The molecule has 1 fully saturated rings. The van der Waals surface area contributed by atoms with Gasteiger partial charge in [-0.25, -0.2) is 0 Å². The summed E-state index contributed by atoms with van der Waals surface area (Å²) < 4.78 is 1.93. The number of hydrogen-bond donors (Lipinski definition) is 0. The lowest BCUT2D eigenvalue weighted by atomic mass is 9.94. The Morgan fingerprint density at radius 1 is 1.50 bits per heavy atom. The van der Waals surface area contributed by atoms with Crippen LogP contribution < -0.4 is 0 Å². The average molecular weight is 220 g/mol. The molecule has 0 aromatic carbocycles. The number of aromatic nitrogens is 2. The van der Waals surface area contributed by atoms with Crippen LogP contribution in [0.4, 0.5) is 0 Å². The van der Waals surface area contributed by atoms with Gasteiger partial charge < -0.3 is 0 Å². The summed E-state index contributed by atoms with van der Waals surface area (Å²) in [4.78, 5) is 11.5. The van der Waals surface area contributed by atoms with E-state index in [1.807, 2.05) is 17.9 Å². The van der Waals surface area contributed by atoms with Gasteiger partial charge in [-0.2, -0.15) is 5.10 Å². The summed E-state index contributed by atoms with van der Waals surface area (Å²) in [5.74, 6) is 1.07. The zero-order valence-electron chi connectivity index (χ0n) is 9.98. The molecular formula is C13H20N2O. The fourth-order valence-electron chi connectivity index (χ4n) is 2.53. The van der Waals surface area contributed by atoms with Crippen LogP contribution in [0.25, 0.3) is 0 Å². The van der Waals surface area contributed by atoms with Crippen molar-refractivity contribution in [3.63, 3.8) is 0 Å². The minimum absolute atomic E-state index is 0.465. The van der Waals surface area contributed by atoms with Crippen molar-refractivity contribution in [2.75, 3.05) is 0 Å². The van der Waals surface area contributed by atoms with Gasteiger partial charge in [0, 0.05) is 31.8 Å². The molecule has 0 N–H and O–H groups in total. The molecule has 1 aromatic rings. The van der Waals surface area contributed by atoms with Crippen molar-refractivity contribution in [1.82, 2.24) is 9.78 Å². The third-order valence-corrected chi connectivity index (χ3v) is 3.57. The van der Waals surface area contributed by atoms with E-state index in [0.29, 0.717) is 11.7 Å². The van der Waals surface area contributed by atoms with E-state index in [-0.39, 0.29) is 0 Å². The van der Waals surface area contributed by atoms with Crippen LogP contribution in [0.5, 0.6) is 0 Å². The quantitative estimate of drug-likeness (QED) is 0.734. The van der Waals surface area contributed by atoms with E-state index in [9.17, 15) is 4.79 Å². The van der Waals surface area contributed by atoms with Gasteiger partial charge in [0.25, 0.3) is 0 Å². The van der Waals surface area contributed by atoms with Crippen LogP contribution >= 0.6 is 0 Å². The normalized spacial score (nSPS) is 22.1. The largest absolute Gasteiger partial charge is 0.300 e. The Labute approximate surface area is 96.8 Å². The lowest BCUT2D eigenvalue weighted by Crippen LogP contribution is -2.08. The Kier molecular flexibility index (Phi) is 3.75. The first kappa shape index (κ1) is 11.4. The first-order valence-corrected chi connectivity index (χ1v) is 6.24. The highest BCUT2D eigenvalue weighted by atomic mass is 16.1. The van der Waals surface area contributed by atoms with Crippen LogP contribution in [0.1, 0.15) is 44.2 Å². The van der Waals surface area contributed by atoms with Crippen molar-refractivity contribution in [2.45, 2.75) is 44.9 Å². The zero-order chi connectivity index (χ0) is 11.4. The third kappa shape index (κ3) is 2.94. The molecule has 2 rings (SSSR count). The van der Waals surface area contributed by atoms with Crippen molar-refractivity contribution in [3.05, 3.63) is 18.0 Å². The number of hydrogen-bond acceptors (Lipinski definition) is 2. The Morgan fingerprint density at radius 2 is 2.38 bits per heavy atom. The van der Waals surface area contributed by atoms with Crippen LogP contribution in [0.15, 0.2) is 12.3 Å². The summed E-state index contributed by atoms with van der Waals surface area (Å²) in [7, 11) is 1.98. The minimum Gasteiger partial charge on any atom is -0.300 e. The second-order valence-electron chi connectivity index (χ2n) is 4.84. The second kappa shape index (κ2) is 5.28. The number of rotatable bonds is 3. The van der Waals surface area contributed by atoms with Crippen LogP contribution in [0, 0.1) is 5.92 Å². The molecule has 1 saturated carbocycles. The maximum Gasteiger partial charge on any atom is 0.133 e. The highest BCUT2D eigenvalue weighted by Crippen LogP contribution is 2.24. The summed E-state index contributed by atoms with van der Waals surface area (Å²) in [6, 6.07) is 2.07. The van der Waals surface area contributed by atoms with Crippen molar-refractivity contribution in [1.29, 1.82) is 0 Å². The third-order valence-electron chi connectivity index (χ3n) is 3.57. The summed E-state index contributed by atoms with van der Waals surface area (Å²) in [5, 5.41) is 4.16. The number of carbonyl (C=O) groups excluding carboxylic acids is 1. The highest BCUT2D eigenvalue weighted by molar-refractivity contribution is 5.78. The van der Waals surface area contributed by atoms with E-state index in [1.165, 1.54) is 18.5 Å². The number of aryl methyl sites for hydroxylation is 2. The van der Waals surface area contributed by atoms with Crippen molar-refractivity contribution in [3.8, 4) is 0 Å². The van der Waals surface area contributed by atoms with Gasteiger partial charge in [-0.1, -0.05) is 6.42 Å². The number of Topliss-reactive ketones (excluding diaryl/α,β-unsaturated/α-hetero) is 1. The van der Waals surface area contributed by atoms with E-state index in [1.54, 1.807) is 0 Å². The minimum atomic E-state index is 0.465. The van der Waals surface area contributed by atoms with E-state index >= 15 is 0 Å². The van der Waals surface area contributed by atoms with Crippen LogP contribution in [-0.2, 0) is 18.3 Å². The maximum atomic E-state index is 11.5. The number of nitrogens with zero attached hydrogens (tertiary/aromatic N) is 2. The number of carbonyl (C=O) groups is 1. The second-order valence-corrected chi connectivity index (χ2v) is 4.84. The molecule has 1 aliphatic rings. The van der Waals surface area contributed by atoms with E-state index in [0.717, 1.165) is 32.1 Å². The molecule has 0 radical (unpaired) electrons. The van der Waals surface area contributed by atoms with E-state index < -0.39 is 0 Å². The molecule has 3 nitrogen and oxygen atoms in total.